The SMILES string of the molecule is CCCCCCCCCCCCCCc1ccc2c3c(ccc(CCCCCCCCCCCCCC)c13)C1(OCCO1)C21OCCO1. The van der Waals surface area contributed by atoms with Crippen molar-refractivity contribution >= 4 is 10.8 Å². The quantitative estimate of drug-likeness (QED) is 0.0940. The van der Waals surface area contributed by atoms with Crippen molar-refractivity contribution in [2.24, 2.45) is 0 Å². The molecule has 4 nitrogen and oxygen atoms in total. The van der Waals surface area contributed by atoms with Crippen LogP contribution in [0.5, 0.6) is 0 Å². The zero-order valence-electron chi connectivity index (χ0n) is 31.2. The van der Waals surface area contributed by atoms with Crippen LogP contribution in [0.2, 0.25) is 0 Å². The lowest BCUT2D eigenvalue weighted by Crippen LogP contribution is -2.48. The van der Waals surface area contributed by atoms with Crippen LogP contribution in [0.3, 0.4) is 0 Å². The van der Waals surface area contributed by atoms with E-state index in [1.165, 1.54) is 176 Å². The summed E-state index contributed by atoms with van der Waals surface area (Å²) in [7, 11) is 0. The number of hydrogen-bond acceptors (Lipinski definition) is 4. The highest BCUT2D eigenvalue weighted by atomic mass is 16.8. The van der Waals surface area contributed by atoms with Gasteiger partial charge in [-0.1, -0.05) is 179 Å². The zero-order chi connectivity index (χ0) is 33.3. The van der Waals surface area contributed by atoms with Crippen LogP contribution >= 0.6 is 0 Å². The summed E-state index contributed by atoms with van der Waals surface area (Å²) < 4.78 is 25.9. The summed E-state index contributed by atoms with van der Waals surface area (Å²) in [6.45, 7) is 6.87. The van der Waals surface area contributed by atoms with Crippen LogP contribution in [-0.4, -0.2) is 26.4 Å². The van der Waals surface area contributed by atoms with Gasteiger partial charge in [0.15, 0.2) is 0 Å². The van der Waals surface area contributed by atoms with E-state index in [1.54, 1.807) is 0 Å². The maximum atomic E-state index is 6.47. The van der Waals surface area contributed by atoms with E-state index in [0.29, 0.717) is 26.4 Å². The minimum absolute atomic E-state index is 0.566. The summed E-state index contributed by atoms with van der Waals surface area (Å²) >= 11 is 0. The molecule has 2 saturated heterocycles. The molecule has 4 heteroatoms. The number of ether oxygens (including phenoxy) is 4. The average Bonchev–Trinajstić information content (AvgIpc) is 3.85. The lowest BCUT2D eigenvalue weighted by Gasteiger charge is -2.37. The lowest BCUT2D eigenvalue weighted by atomic mass is 9.90. The molecular formula is C44H70O4. The van der Waals surface area contributed by atoms with Gasteiger partial charge >= 0.3 is 0 Å². The lowest BCUT2D eigenvalue weighted by molar-refractivity contribution is -0.359. The van der Waals surface area contributed by atoms with Crippen LogP contribution in [0, 0.1) is 0 Å². The van der Waals surface area contributed by atoms with Crippen LogP contribution in [0.15, 0.2) is 24.3 Å². The van der Waals surface area contributed by atoms with Gasteiger partial charge < -0.3 is 18.9 Å². The van der Waals surface area contributed by atoms with Crippen LogP contribution in [0.4, 0.5) is 0 Å². The fraction of sp³-hybridized carbons (Fsp3) is 0.773. The van der Waals surface area contributed by atoms with Gasteiger partial charge in [0.2, 0.25) is 0 Å². The van der Waals surface area contributed by atoms with Gasteiger partial charge in [0.25, 0.3) is 11.6 Å². The molecule has 2 spiro atoms. The highest BCUT2D eigenvalue weighted by Gasteiger charge is 2.67. The molecule has 0 N–H and O–H groups in total. The fourth-order valence-corrected chi connectivity index (χ4v) is 8.79. The van der Waals surface area contributed by atoms with E-state index in [4.69, 9.17) is 18.9 Å². The average molecular weight is 663 g/mol. The maximum Gasteiger partial charge on any atom is 0.256 e. The number of rotatable bonds is 26. The summed E-state index contributed by atoms with van der Waals surface area (Å²) in [6.07, 6.45) is 35.5. The highest BCUT2D eigenvalue weighted by Crippen LogP contribution is 2.60. The zero-order valence-corrected chi connectivity index (χ0v) is 31.2. The first kappa shape index (κ1) is 37.8. The Morgan fingerprint density at radius 3 is 0.979 bits per heavy atom. The Hall–Kier alpha value is -1.46. The summed E-state index contributed by atoms with van der Waals surface area (Å²) in [5, 5.41) is 2.72. The van der Waals surface area contributed by atoms with Gasteiger partial charge in [-0.2, -0.15) is 0 Å². The molecule has 0 unspecified atom stereocenters. The molecule has 1 aliphatic carbocycles. The minimum atomic E-state index is -0.993. The second-order valence-electron chi connectivity index (χ2n) is 15.2. The fourth-order valence-electron chi connectivity index (χ4n) is 8.79. The molecule has 0 radical (unpaired) electrons. The Morgan fingerprint density at radius 2 is 0.667 bits per heavy atom. The van der Waals surface area contributed by atoms with E-state index in [2.05, 4.69) is 38.1 Å². The molecule has 0 bridgehead atoms. The molecule has 2 aromatic rings. The number of unbranched alkanes of at least 4 members (excludes halogenated alkanes) is 22. The van der Waals surface area contributed by atoms with E-state index < -0.39 is 11.6 Å². The van der Waals surface area contributed by atoms with Gasteiger partial charge in [-0.25, -0.2) is 0 Å². The molecule has 0 saturated carbocycles. The third-order valence-electron chi connectivity index (χ3n) is 11.5. The van der Waals surface area contributed by atoms with Gasteiger partial charge in [-0.15, -0.1) is 0 Å². The van der Waals surface area contributed by atoms with E-state index in [0.717, 1.165) is 24.0 Å². The summed E-state index contributed by atoms with van der Waals surface area (Å²) in [6, 6.07) is 9.32. The van der Waals surface area contributed by atoms with Crippen molar-refractivity contribution in [2.75, 3.05) is 26.4 Å². The third-order valence-corrected chi connectivity index (χ3v) is 11.5. The second kappa shape index (κ2) is 20.4. The molecule has 2 fully saturated rings. The molecule has 3 aliphatic rings. The largest absolute Gasteiger partial charge is 0.339 e. The van der Waals surface area contributed by atoms with E-state index in [-0.39, 0.29) is 0 Å². The van der Waals surface area contributed by atoms with Gasteiger partial charge in [-0.05, 0) is 47.6 Å². The van der Waals surface area contributed by atoms with Crippen LogP contribution in [0.25, 0.3) is 10.8 Å². The molecule has 0 atom stereocenters. The molecule has 0 aromatic heterocycles. The predicted molar refractivity (Wildman–Crippen MR) is 201 cm³/mol. The van der Waals surface area contributed by atoms with Crippen molar-refractivity contribution in [1.82, 2.24) is 0 Å². The number of hydrogen-bond donors (Lipinski definition) is 0. The van der Waals surface area contributed by atoms with Crippen molar-refractivity contribution in [3.05, 3.63) is 46.5 Å². The number of aryl methyl sites for hydroxylation is 2. The monoisotopic (exact) mass is 663 g/mol. The van der Waals surface area contributed by atoms with Crippen molar-refractivity contribution in [1.29, 1.82) is 0 Å². The maximum absolute atomic E-state index is 6.47. The van der Waals surface area contributed by atoms with Crippen LogP contribution in [0.1, 0.15) is 190 Å². The first-order valence-electron chi connectivity index (χ1n) is 20.9. The smallest absolute Gasteiger partial charge is 0.256 e. The first-order valence-corrected chi connectivity index (χ1v) is 20.9. The van der Waals surface area contributed by atoms with Crippen molar-refractivity contribution in [3.63, 3.8) is 0 Å². The Bertz CT molecular complexity index is 1100. The van der Waals surface area contributed by atoms with Crippen LogP contribution in [-0.2, 0) is 43.4 Å². The second-order valence-corrected chi connectivity index (χ2v) is 15.2. The predicted octanol–water partition coefficient (Wildman–Crippen LogP) is 12.7. The Balaban J connectivity index is 1.17. The Labute approximate surface area is 294 Å². The number of benzene rings is 2. The van der Waals surface area contributed by atoms with E-state index in [1.807, 2.05) is 0 Å². The molecule has 48 heavy (non-hydrogen) atoms. The topological polar surface area (TPSA) is 36.9 Å². The van der Waals surface area contributed by atoms with Gasteiger partial charge in [0.05, 0.1) is 26.4 Å². The minimum Gasteiger partial charge on any atom is -0.339 e. The molecule has 2 aromatic carbocycles. The van der Waals surface area contributed by atoms with Gasteiger partial charge in [0, 0.05) is 11.1 Å². The molecular weight excluding hydrogens is 592 g/mol. The van der Waals surface area contributed by atoms with Crippen LogP contribution < -0.4 is 0 Å². The molecule has 2 aliphatic heterocycles. The molecule has 2 heterocycles. The summed E-state index contributed by atoms with van der Waals surface area (Å²) in [4.78, 5) is 0. The Kier molecular flexibility index (Phi) is 16.1. The normalized spacial score (nSPS) is 17.5. The standard InChI is InChI=1S/C44H70O4/c1-3-5-7-9-11-13-15-17-19-21-23-25-27-37-29-31-39-42-40(44(47-35-36-48-44)43(39)45-33-34-46-43)32-30-38(41(37)42)28-26-24-22-20-18-16-14-12-10-8-6-4-2/h29-32H,3-28,33-36H2,1-2H3. The third kappa shape index (κ3) is 9.25. The van der Waals surface area contributed by atoms with Gasteiger partial charge in [0.1, 0.15) is 0 Å². The number of fused-ring (bicyclic) bond motifs is 3. The molecule has 5 rings (SSSR count). The summed E-state index contributed by atoms with van der Waals surface area (Å²) in [5.74, 6) is -1.99. The van der Waals surface area contributed by atoms with E-state index in [9.17, 15) is 0 Å². The molecule has 270 valence electrons. The van der Waals surface area contributed by atoms with Crippen molar-refractivity contribution in [2.45, 2.75) is 192 Å². The molecule has 0 amide bonds. The highest BCUT2D eigenvalue weighted by molar-refractivity contribution is 5.97. The van der Waals surface area contributed by atoms with Crippen molar-refractivity contribution < 1.29 is 18.9 Å². The first-order chi connectivity index (χ1) is 23.8. The van der Waals surface area contributed by atoms with Gasteiger partial charge in [-0.3, -0.25) is 0 Å². The van der Waals surface area contributed by atoms with E-state index >= 15 is 0 Å². The Morgan fingerprint density at radius 1 is 0.375 bits per heavy atom. The van der Waals surface area contributed by atoms with Crippen molar-refractivity contribution in [3.8, 4) is 0 Å². The summed E-state index contributed by atoms with van der Waals surface area (Å²) in [5.41, 5.74) is 5.20.